The van der Waals surface area contributed by atoms with Gasteiger partial charge in [0, 0.05) is 18.5 Å². The van der Waals surface area contributed by atoms with Gasteiger partial charge < -0.3 is 10.6 Å². The fraction of sp³-hybridized carbons (Fsp3) is 0.100. The number of halogens is 2. The molecule has 6 heteroatoms. The van der Waals surface area contributed by atoms with Gasteiger partial charge in [-0.05, 0) is 35.0 Å². The highest BCUT2D eigenvalue weighted by atomic mass is 35.5. The zero-order valence-corrected chi connectivity index (χ0v) is 14.5. The highest BCUT2D eigenvalue weighted by molar-refractivity contribution is 6.31. The molecule has 2 amide bonds. The van der Waals surface area contributed by atoms with Crippen molar-refractivity contribution in [2.24, 2.45) is 0 Å². The van der Waals surface area contributed by atoms with Crippen molar-refractivity contribution in [2.75, 3.05) is 11.9 Å². The van der Waals surface area contributed by atoms with Gasteiger partial charge in [0.25, 0.3) is 5.91 Å². The fourth-order valence-electron chi connectivity index (χ4n) is 2.54. The first-order chi connectivity index (χ1) is 12.5. The maximum Gasteiger partial charge on any atom is 0.251 e. The molecule has 0 radical (unpaired) electrons. The van der Waals surface area contributed by atoms with Crippen LogP contribution >= 0.6 is 11.6 Å². The molecule has 0 aliphatic carbocycles. The molecule has 0 bridgehead atoms. The Morgan fingerprint density at radius 3 is 2.54 bits per heavy atom. The molecule has 0 heterocycles. The van der Waals surface area contributed by atoms with Crippen LogP contribution in [0.2, 0.25) is 5.02 Å². The predicted molar refractivity (Wildman–Crippen MR) is 101 cm³/mol. The molecule has 0 saturated heterocycles. The van der Waals surface area contributed by atoms with Crippen LogP contribution < -0.4 is 10.6 Å². The van der Waals surface area contributed by atoms with Crippen LogP contribution in [0.3, 0.4) is 0 Å². The highest BCUT2D eigenvalue weighted by Gasteiger charge is 2.11. The zero-order chi connectivity index (χ0) is 18.5. The molecule has 132 valence electrons. The van der Waals surface area contributed by atoms with Crippen molar-refractivity contribution in [3.05, 3.63) is 77.1 Å². The Balaban J connectivity index is 1.54. The Hall–Kier alpha value is -2.92. The van der Waals surface area contributed by atoms with Crippen molar-refractivity contribution in [3.8, 4) is 0 Å². The standard InChI is InChI=1S/C20H16ClFN2O2/c21-16-6-3-7-17(19(16)22)24-18(25)10-11-23-20(26)15-9-8-13-4-1-2-5-14(13)12-15/h1-9,12H,10-11H2,(H,23,26)(H,24,25). The van der Waals surface area contributed by atoms with Gasteiger partial charge in [0.1, 0.15) is 0 Å². The number of hydrogen-bond donors (Lipinski definition) is 2. The van der Waals surface area contributed by atoms with Gasteiger partial charge in [-0.3, -0.25) is 9.59 Å². The van der Waals surface area contributed by atoms with E-state index in [1.165, 1.54) is 12.1 Å². The van der Waals surface area contributed by atoms with Gasteiger partial charge in [-0.2, -0.15) is 0 Å². The van der Waals surface area contributed by atoms with E-state index in [1.807, 2.05) is 30.3 Å². The molecule has 0 aliphatic rings. The normalized spacial score (nSPS) is 10.5. The molecule has 3 rings (SSSR count). The van der Waals surface area contributed by atoms with E-state index < -0.39 is 11.7 Å². The van der Waals surface area contributed by atoms with Crippen LogP contribution in [-0.4, -0.2) is 18.4 Å². The van der Waals surface area contributed by atoms with Gasteiger partial charge in [-0.1, -0.05) is 48.0 Å². The number of anilines is 1. The highest BCUT2D eigenvalue weighted by Crippen LogP contribution is 2.22. The van der Waals surface area contributed by atoms with Gasteiger partial charge in [-0.15, -0.1) is 0 Å². The van der Waals surface area contributed by atoms with Gasteiger partial charge >= 0.3 is 0 Å². The molecular weight excluding hydrogens is 355 g/mol. The van der Waals surface area contributed by atoms with Crippen molar-refractivity contribution in [1.82, 2.24) is 5.32 Å². The molecule has 0 aliphatic heterocycles. The second-order valence-electron chi connectivity index (χ2n) is 5.72. The summed E-state index contributed by atoms with van der Waals surface area (Å²) in [6.45, 7) is 0.139. The molecular formula is C20H16ClFN2O2. The lowest BCUT2D eigenvalue weighted by Gasteiger charge is -2.08. The molecule has 0 unspecified atom stereocenters. The monoisotopic (exact) mass is 370 g/mol. The molecule has 0 aromatic heterocycles. The molecule has 2 N–H and O–H groups in total. The Morgan fingerprint density at radius 2 is 1.73 bits per heavy atom. The lowest BCUT2D eigenvalue weighted by atomic mass is 10.1. The quantitative estimate of drug-likeness (QED) is 0.699. The molecule has 0 atom stereocenters. The summed E-state index contributed by atoms with van der Waals surface area (Å²) < 4.78 is 13.7. The first kappa shape index (κ1) is 17.9. The summed E-state index contributed by atoms with van der Waals surface area (Å²) in [7, 11) is 0. The van der Waals surface area contributed by atoms with E-state index in [4.69, 9.17) is 11.6 Å². The van der Waals surface area contributed by atoms with Crippen LogP contribution in [-0.2, 0) is 4.79 Å². The number of carbonyl (C=O) groups excluding carboxylic acids is 2. The Bertz CT molecular complexity index is 975. The largest absolute Gasteiger partial charge is 0.352 e. The number of rotatable bonds is 5. The SMILES string of the molecule is O=C(CCNC(=O)c1ccc2ccccc2c1)Nc1cccc(Cl)c1F. The molecule has 0 fully saturated rings. The Kier molecular flexibility index (Phi) is 5.49. The van der Waals surface area contributed by atoms with Gasteiger partial charge in [0.05, 0.1) is 10.7 Å². The lowest BCUT2D eigenvalue weighted by Crippen LogP contribution is -2.27. The summed E-state index contributed by atoms with van der Waals surface area (Å²) in [5, 5.41) is 7.08. The van der Waals surface area contributed by atoms with Gasteiger partial charge in [0.15, 0.2) is 5.82 Å². The number of carbonyl (C=O) groups is 2. The molecule has 26 heavy (non-hydrogen) atoms. The van der Waals surface area contributed by atoms with E-state index in [0.29, 0.717) is 5.56 Å². The number of amides is 2. The third-order valence-corrected chi connectivity index (χ3v) is 4.17. The molecule has 4 nitrogen and oxygen atoms in total. The second-order valence-corrected chi connectivity index (χ2v) is 6.12. The summed E-state index contributed by atoms with van der Waals surface area (Å²) >= 11 is 5.67. The summed E-state index contributed by atoms with van der Waals surface area (Å²) in [4.78, 5) is 24.1. The van der Waals surface area contributed by atoms with E-state index >= 15 is 0 Å². The summed E-state index contributed by atoms with van der Waals surface area (Å²) in [5.74, 6) is -1.36. The van der Waals surface area contributed by atoms with E-state index in [9.17, 15) is 14.0 Å². The number of benzene rings is 3. The third-order valence-electron chi connectivity index (χ3n) is 3.87. The van der Waals surface area contributed by atoms with E-state index in [-0.39, 0.29) is 29.6 Å². The summed E-state index contributed by atoms with van der Waals surface area (Å²) in [6.07, 6.45) is 0.0191. The predicted octanol–water partition coefficient (Wildman–Crippen LogP) is 4.39. The topological polar surface area (TPSA) is 58.2 Å². The van der Waals surface area contributed by atoms with Crippen molar-refractivity contribution in [2.45, 2.75) is 6.42 Å². The Morgan fingerprint density at radius 1 is 0.962 bits per heavy atom. The van der Waals surface area contributed by atoms with Crippen LogP contribution in [0.1, 0.15) is 16.8 Å². The van der Waals surface area contributed by atoms with Gasteiger partial charge in [0.2, 0.25) is 5.91 Å². The van der Waals surface area contributed by atoms with Crippen LogP contribution in [0.5, 0.6) is 0 Å². The number of fused-ring (bicyclic) bond motifs is 1. The molecule has 3 aromatic rings. The molecule has 3 aromatic carbocycles. The summed E-state index contributed by atoms with van der Waals surface area (Å²) in [6, 6.07) is 17.5. The average Bonchev–Trinajstić information content (AvgIpc) is 2.65. The minimum absolute atomic E-state index is 0.0170. The van der Waals surface area contributed by atoms with Crippen LogP contribution in [0, 0.1) is 5.82 Å². The Labute approximate surface area is 155 Å². The van der Waals surface area contributed by atoms with Gasteiger partial charge in [-0.25, -0.2) is 4.39 Å². The van der Waals surface area contributed by atoms with E-state index in [0.717, 1.165) is 10.8 Å². The molecule has 0 spiro atoms. The van der Waals surface area contributed by atoms with Crippen LogP contribution in [0.4, 0.5) is 10.1 Å². The van der Waals surface area contributed by atoms with E-state index in [2.05, 4.69) is 10.6 Å². The fourth-order valence-corrected chi connectivity index (χ4v) is 2.71. The van der Waals surface area contributed by atoms with Crippen LogP contribution in [0.25, 0.3) is 10.8 Å². The van der Waals surface area contributed by atoms with Crippen molar-refractivity contribution < 1.29 is 14.0 Å². The minimum Gasteiger partial charge on any atom is -0.352 e. The summed E-state index contributed by atoms with van der Waals surface area (Å²) in [5.41, 5.74) is 0.536. The number of nitrogens with one attached hydrogen (secondary N) is 2. The second kappa shape index (κ2) is 7.97. The van der Waals surface area contributed by atoms with Crippen LogP contribution in [0.15, 0.2) is 60.7 Å². The van der Waals surface area contributed by atoms with Crippen molar-refractivity contribution in [1.29, 1.82) is 0 Å². The minimum atomic E-state index is -0.678. The average molecular weight is 371 g/mol. The van der Waals surface area contributed by atoms with Crippen molar-refractivity contribution in [3.63, 3.8) is 0 Å². The third kappa shape index (κ3) is 4.18. The molecule has 0 saturated carbocycles. The van der Waals surface area contributed by atoms with Crippen molar-refractivity contribution >= 4 is 39.9 Å². The lowest BCUT2D eigenvalue weighted by molar-refractivity contribution is -0.116. The zero-order valence-electron chi connectivity index (χ0n) is 13.8. The number of hydrogen-bond acceptors (Lipinski definition) is 2. The van der Waals surface area contributed by atoms with E-state index in [1.54, 1.807) is 18.2 Å². The smallest absolute Gasteiger partial charge is 0.251 e. The maximum absolute atomic E-state index is 13.7. The first-order valence-corrected chi connectivity index (χ1v) is 8.43. The maximum atomic E-state index is 13.7. The first-order valence-electron chi connectivity index (χ1n) is 8.05.